The number of carbonyl (C=O) groups excluding carboxylic acids is 1. The van der Waals surface area contributed by atoms with Crippen LogP contribution in [0.1, 0.15) is 33.1 Å². The van der Waals surface area contributed by atoms with Crippen LogP contribution in [0.5, 0.6) is 0 Å². The molecule has 5 N–H and O–H groups in total. The first-order valence-electron chi connectivity index (χ1n) is 6.70. The first-order valence-corrected chi connectivity index (χ1v) is 6.70. The molecule has 0 aliphatic carbocycles. The van der Waals surface area contributed by atoms with E-state index in [0.29, 0.717) is 13.0 Å². The minimum atomic E-state index is -1.43. The van der Waals surface area contributed by atoms with E-state index in [0.717, 1.165) is 0 Å². The van der Waals surface area contributed by atoms with E-state index in [2.05, 4.69) is 4.99 Å². The van der Waals surface area contributed by atoms with Crippen LogP contribution in [0.3, 0.4) is 0 Å². The van der Waals surface area contributed by atoms with Gasteiger partial charge in [0.05, 0.1) is 12.7 Å². The summed E-state index contributed by atoms with van der Waals surface area (Å²) < 4.78 is 0. The number of aliphatic carboxylic acids is 2. The second kappa shape index (κ2) is 14.4. The summed E-state index contributed by atoms with van der Waals surface area (Å²) in [6.07, 6.45) is -1.02. The van der Waals surface area contributed by atoms with Crippen LogP contribution in [0.2, 0.25) is 0 Å². The molecule has 0 aliphatic rings. The van der Waals surface area contributed by atoms with Gasteiger partial charge in [-0.1, -0.05) is 13.8 Å². The summed E-state index contributed by atoms with van der Waals surface area (Å²) in [5.41, 5.74) is 4.03. The number of carboxylic acid groups (broad SMARTS) is 2. The third-order valence-corrected chi connectivity index (χ3v) is 2.56. The van der Waals surface area contributed by atoms with Crippen molar-refractivity contribution in [3.05, 3.63) is 0 Å². The number of aliphatic hydroxyl groups is 2. The van der Waals surface area contributed by atoms with Gasteiger partial charge < -0.3 is 41.1 Å². The Bertz CT molecular complexity index is 375. The normalized spacial score (nSPS) is 12.5. The van der Waals surface area contributed by atoms with Gasteiger partial charge in [0.15, 0.2) is 0 Å². The van der Waals surface area contributed by atoms with Gasteiger partial charge in [-0.3, -0.25) is 4.79 Å². The molecule has 1 atom stereocenters. The van der Waals surface area contributed by atoms with E-state index in [1.165, 1.54) is 13.8 Å². The van der Waals surface area contributed by atoms with Crippen LogP contribution in [0.4, 0.5) is 0 Å². The minimum absolute atomic E-state index is 0. The molecule has 0 heterocycles. The maximum atomic E-state index is 11.2. The Morgan fingerprint density at radius 2 is 1.78 bits per heavy atom. The Hall–Kier alpha value is -1.19. The molecular formula is C13H24MnN2O7. The molecular weight excluding hydrogens is 351 g/mol. The number of carboxylic acids is 2. The Balaban J connectivity index is -0.000000425. The zero-order chi connectivity index (χ0) is 17.8. The fraction of sp³-hybridized carbons (Fsp3) is 0.769. The zero-order valence-corrected chi connectivity index (χ0v) is 14.4. The SMILES string of the molecule is CC(C)(CO)C(O)C([O-])=NCCC(=O)[O-].NCCCC(=O)O.[Mn+2]. The molecule has 1 radical (unpaired) electrons. The predicted octanol–water partition coefficient (Wildman–Crippen LogP) is -2.93. The maximum absolute atomic E-state index is 11.2. The third-order valence-electron chi connectivity index (χ3n) is 2.56. The van der Waals surface area contributed by atoms with Gasteiger partial charge in [-0.25, -0.2) is 0 Å². The number of nitrogens with two attached hydrogens (primary N) is 1. The van der Waals surface area contributed by atoms with E-state index in [1.807, 2.05) is 0 Å². The van der Waals surface area contributed by atoms with Crippen LogP contribution in [0, 0.1) is 5.41 Å². The van der Waals surface area contributed by atoms with Gasteiger partial charge in [0.25, 0.3) is 0 Å². The molecule has 23 heavy (non-hydrogen) atoms. The van der Waals surface area contributed by atoms with Crippen molar-refractivity contribution >= 4 is 17.8 Å². The molecule has 0 aromatic heterocycles. The molecule has 0 rings (SSSR count). The van der Waals surface area contributed by atoms with Crippen LogP contribution >= 0.6 is 0 Å². The number of hydrogen-bond acceptors (Lipinski definition) is 8. The average molecular weight is 375 g/mol. The predicted molar refractivity (Wildman–Crippen MR) is 74.7 cm³/mol. The quantitative estimate of drug-likeness (QED) is 0.188. The Kier molecular flexibility index (Phi) is 16.7. The Labute approximate surface area is 145 Å². The zero-order valence-electron chi connectivity index (χ0n) is 13.2. The molecule has 0 saturated carbocycles. The van der Waals surface area contributed by atoms with Crippen LogP contribution < -0.4 is 15.9 Å². The molecule has 1 unspecified atom stereocenters. The maximum Gasteiger partial charge on any atom is 2.00 e. The number of nitrogens with zero attached hydrogens (tertiary/aromatic N) is 1. The van der Waals surface area contributed by atoms with Crippen molar-refractivity contribution < 1.29 is 52.2 Å². The summed E-state index contributed by atoms with van der Waals surface area (Å²) in [7, 11) is 0. The topological polar surface area (TPSA) is 179 Å². The van der Waals surface area contributed by atoms with Crippen molar-refractivity contribution in [2.24, 2.45) is 16.1 Å². The smallest absolute Gasteiger partial charge is 0.860 e. The molecule has 0 spiro atoms. The van der Waals surface area contributed by atoms with Gasteiger partial charge in [0, 0.05) is 30.8 Å². The minimum Gasteiger partial charge on any atom is -0.860 e. The monoisotopic (exact) mass is 375 g/mol. The first-order chi connectivity index (χ1) is 10.1. The van der Waals surface area contributed by atoms with Gasteiger partial charge >= 0.3 is 23.0 Å². The van der Waals surface area contributed by atoms with Crippen molar-refractivity contribution in [3.8, 4) is 0 Å². The van der Waals surface area contributed by atoms with Crippen LogP contribution in [0.25, 0.3) is 0 Å². The van der Waals surface area contributed by atoms with Gasteiger partial charge in [0.1, 0.15) is 0 Å². The van der Waals surface area contributed by atoms with Crippen LogP contribution in [0.15, 0.2) is 4.99 Å². The molecule has 0 bridgehead atoms. The second-order valence-corrected chi connectivity index (χ2v) is 5.18. The van der Waals surface area contributed by atoms with Crippen molar-refractivity contribution in [1.29, 1.82) is 0 Å². The van der Waals surface area contributed by atoms with Crippen LogP contribution in [-0.4, -0.2) is 59.0 Å². The summed E-state index contributed by atoms with van der Waals surface area (Å²) >= 11 is 0. The number of carbonyl (C=O) groups is 2. The molecule has 10 heteroatoms. The molecule has 0 fully saturated rings. The average Bonchev–Trinajstić information content (AvgIpc) is 2.44. The van der Waals surface area contributed by atoms with Gasteiger partial charge in [-0.05, 0) is 18.9 Å². The molecule has 0 amide bonds. The van der Waals surface area contributed by atoms with Crippen molar-refractivity contribution in [3.63, 3.8) is 0 Å². The van der Waals surface area contributed by atoms with E-state index in [1.54, 1.807) is 0 Å². The van der Waals surface area contributed by atoms with Crippen molar-refractivity contribution in [2.45, 2.75) is 39.2 Å². The van der Waals surface area contributed by atoms with E-state index >= 15 is 0 Å². The summed E-state index contributed by atoms with van der Waals surface area (Å²) in [6, 6.07) is 0. The summed E-state index contributed by atoms with van der Waals surface area (Å²) in [5, 5.41) is 47.5. The molecule has 0 saturated heterocycles. The number of hydrogen-bond donors (Lipinski definition) is 4. The van der Waals surface area contributed by atoms with E-state index in [9.17, 15) is 24.9 Å². The summed E-state index contributed by atoms with van der Waals surface area (Å²) in [6.45, 7) is 2.88. The summed E-state index contributed by atoms with van der Waals surface area (Å²) in [4.78, 5) is 23.1. The van der Waals surface area contributed by atoms with Gasteiger partial charge in [-0.15, -0.1) is 0 Å². The van der Waals surface area contributed by atoms with Crippen molar-refractivity contribution in [2.75, 3.05) is 19.7 Å². The molecule has 0 aliphatic heterocycles. The molecule has 0 aromatic carbocycles. The summed E-state index contributed by atoms with van der Waals surface area (Å²) in [5.74, 6) is -2.90. The number of rotatable bonds is 9. The van der Waals surface area contributed by atoms with Crippen LogP contribution in [-0.2, 0) is 26.7 Å². The largest absolute Gasteiger partial charge is 2.00 e. The molecule has 135 valence electrons. The Morgan fingerprint density at radius 3 is 2.09 bits per heavy atom. The molecule has 9 nitrogen and oxygen atoms in total. The van der Waals surface area contributed by atoms with E-state index in [4.69, 9.17) is 15.9 Å². The molecule has 0 aromatic rings. The standard InChI is InChI=1S/C9H17NO5.C4H9NO2.Mn/c1-9(2,5-11)7(14)8(15)10-4-3-6(12)13;5-3-1-2-4(6)7;/h7,11,14H,3-5H2,1-2H3,(H,10,15)(H,12,13);1-3,5H2,(H,6,7);/q;;+2/p-2. The third kappa shape index (κ3) is 15.5. The number of aliphatic hydroxyl groups excluding tert-OH is 2. The van der Waals surface area contributed by atoms with Crippen molar-refractivity contribution in [1.82, 2.24) is 0 Å². The van der Waals surface area contributed by atoms with E-state index in [-0.39, 0.29) is 43.1 Å². The second-order valence-electron chi connectivity index (χ2n) is 5.18. The Morgan fingerprint density at radius 1 is 1.26 bits per heavy atom. The number of aliphatic imine (C=N–C) groups is 1. The first kappa shape index (κ1) is 26.7. The van der Waals surface area contributed by atoms with Gasteiger partial charge in [-0.2, -0.15) is 0 Å². The fourth-order valence-corrected chi connectivity index (χ4v) is 1.02. The van der Waals surface area contributed by atoms with E-state index < -0.39 is 29.4 Å². The van der Waals surface area contributed by atoms with Gasteiger partial charge in [0.2, 0.25) is 0 Å². The fourth-order valence-electron chi connectivity index (χ4n) is 1.02.